The Morgan fingerprint density at radius 2 is 2.00 bits per heavy atom. The fourth-order valence-electron chi connectivity index (χ4n) is 1.97. The van der Waals surface area contributed by atoms with Gasteiger partial charge < -0.3 is 14.7 Å². The van der Waals surface area contributed by atoms with Crippen LogP contribution in [-0.2, 0) is 6.54 Å². The minimum atomic E-state index is -4.15. The highest BCUT2D eigenvalue weighted by Crippen LogP contribution is 2.26. The number of aliphatic hydroxyl groups excluding tert-OH is 1. The van der Waals surface area contributed by atoms with Crippen LogP contribution >= 0.6 is 0 Å². The summed E-state index contributed by atoms with van der Waals surface area (Å²) in [7, 11) is 1.64. The lowest BCUT2D eigenvalue weighted by Gasteiger charge is -2.20. The molecular formula is C15H22F3NO2. The molecule has 1 atom stereocenters. The maximum absolute atomic E-state index is 12.2. The molecule has 0 aliphatic heterocycles. The van der Waals surface area contributed by atoms with Gasteiger partial charge in [0.25, 0.3) is 0 Å². The third-order valence-corrected chi connectivity index (χ3v) is 3.08. The number of aliphatic hydroxyl groups is 1. The topological polar surface area (TPSA) is 32.7 Å². The molecule has 1 rings (SSSR count). The van der Waals surface area contributed by atoms with Gasteiger partial charge in [-0.05, 0) is 38.6 Å². The Morgan fingerprint density at radius 3 is 2.52 bits per heavy atom. The summed E-state index contributed by atoms with van der Waals surface area (Å²) in [5.74, 6) is 0.640. The van der Waals surface area contributed by atoms with Gasteiger partial charge in [0.1, 0.15) is 5.75 Å². The molecule has 1 unspecified atom stereocenters. The lowest BCUT2D eigenvalue weighted by molar-refractivity contribution is -0.137. The summed E-state index contributed by atoms with van der Waals surface area (Å²) in [5.41, 5.74) is 1.50. The molecule has 0 amide bonds. The number of halogens is 3. The average molecular weight is 305 g/mol. The molecule has 0 saturated heterocycles. The summed E-state index contributed by atoms with van der Waals surface area (Å²) < 4.78 is 42.2. The van der Waals surface area contributed by atoms with E-state index in [1.54, 1.807) is 37.1 Å². The number of hydrogen-bond donors (Lipinski definition) is 1. The van der Waals surface area contributed by atoms with E-state index >= 15 is 0 Å². The van der Waals surface area contributed by atoms with Gasteiger partial charge >= 0.3 is 6.18 Å². The Labute approximate surface area is 123 Å². The molecule has 1 aromatic rings. The quantitative estimate of drug-likeness (QED) is 0.836. The molecular weight excluding hydrogens is 283 g/mol. The summed E-state index contributed by atoms with van der Waals surface area (Å²) in [6.07, 6.45) is -5.62. The molecule has 120 valence electrons. The molecule has 0 aliphatic carbocycles. The van der Waals surface area contributed by atoms with Crippen molar-refractivity contribution in [2.45, 2.75) is 39.1 Å². The van der Waals surface area contributed by atoms with Gasteiger partial charge in [-0.2, -0.15) is 13.2 Å². The smallest absolute Gasteiger partial charge is 0.390 e. The molecule has 21 heavy (non-hydrogen) atoms. The number of nitrogens with zero attached hydrogens (tertiary/aromatic N) is 1. The van der Waals surface area contributed by atoms with E-state index in [0.717, 1.165) is 11.1 Å². The molecule has 0 bridgehead atoms. The number of benzene rings is 1. The fourth-order valence-corrected chi connectivity index (χ4v) is 1.97. The van der Waals surface area contributed by atoms with Crippen molar-refractivity contribution in [3.05, 3.63) is 29.3 Å². The van der Waals surface area contributed by atoms with Crippen molar-refractivity contribution in [2.75, 3.05) is 20.2 Å². The Morgan fingerprint density at radius 1 is 1.33 bits per heavy atom. The first-order chi connectivity index (χ1) is 9.73. The van der Waals surface area contributed by atoms with Crippen LogP contribution in [-0.4, -0.2) is 36.4 Å². The third-order valence-electron chi connectivity index (χ3n) is 3.08. The molecule has 1 aromatic carbocycles. The second-order valence-electron chi connectivity index (χ2n) is 5.08. The fraction of sp³-hybridized carbons (Fsp3) is 0.600. The van der Waals surface area contributed by atoms with Crippen LogP contribution in [0.3, 0.4) is 0 Å². The van der Waals surface area contributed by atoms with Crippen molar-refractivity contribution in [3.63, 3.8) is 0 Å². The van der Waals surface area contributed by atoms with Crippen LogP contribution in [0.1, 0.15) is 37.5 Å². The first kappa shape index (κ1) is 17.8. The first-order valence-electron chi connectivity index (χ1n) is 6.92. The van der Waals surface area contributed by atoms with Crippen molar-refractivity contribution < 1.29 is 23.0 Å². The zero-order valence-corrected chi connectivity index (χ0v) is 12.6. The van der Waals surface area contributed by atoms with Gasteiger partial charge in [-0.3, -0.25) is 0 Å². The van der Waals surface area contributed by atoms with Gasteiger partial charge in [0.2, 0.25) is 0 Å². The lowest BCUT2D eigenvalue weighted by atomic mass is 10.1. The predicted molar refractivity (Wildman–Crippen MR) is 75.3 cm³/mol. The van der Waals surface area contributed by atoms with E-state index in [4.69, 9.17) is 4.74 Å². The molecule has 0 heterocycles. The molecule has 0 spiro atoms. The largest absolute Gasteiger partial charge is 0.494 e. The average Bonchev–Trinajstić information content (AvgIpc) is 2.37. The molecule has 0 radical (unpaired) electrons. The van der Waals surface area contributed by atoms with Crippen LogP contribution in [0.2, 0.25) is 0 Å². The normalized spacial score (nSPS) is 13.5. The number of ether oxygens (including phenoxy) is 1. The van der Waals surface area contributed by atoms with Crippen LogP contribution in [0.25, 0.3) is 0 Å². The van der Waals surface area contributed by atoms with E-state index in [2.05, 4.69) is 0 Å². The standard InChI is InChI=1S/C15H22F3NO2/c1-4-21-14-6-5-12(11(2)20)9-13(14)10-19(3)8-7-15(16,17)18/h5-6,9,11,20H,4,7-8,10H2,1-3H3. The maximum atomic E-state index is 12.2. The van der Waals surface area contributed by atoms with Gasteiger partial charge in [-0.25, -0.2) is 0 Å². The molecule has 0 aliphatic rings. The molecule has 6 heteroatoms. The minimum Gasteiger partial charge on any atom is -0.494 e. The van der Waals surface area contributed by atoms with Crippen LogP contribution in [0.4, 0.5) is 13.2 Å². The van der Waals surface area contributed by atoms with E-state index in [1.165, 1.54) is 0 Å². The van der Waals surface area contributed by atoms with E-state index in [-0.39, 0.29) is 6.54 Å². The van der Waals surface area contributed by atoms with Gasteiger partial charge in [-0.1, -0.05) is 6.07 Å². The van der Waals surface area contributed by atoms with Gasteiger partial charge in [0.05, 0.1) is 19.1 Å². The summed E-state index contributed by atoms with van der Waals surface area (Å²) in [6, 6.07) is 5.28. The highest BCUT2D eigenvalue weighted by molar-refractivity contribution is 5.38. The minimum absolute atomic E-state index is 0.0754. The van der Waals surface area contributed by atoms with Crippen molar-refractivity contribution in [3.8, 4) is 5.75 Å². The van der Waals surface area contributed by atoms with E-state index in [1.807, 2.05) is 6.92 Å². The highest BCUT2D eigenvalue weighted by Gasteiger charge is 2.27. The number of alkyl halides is 3. The van der Waals surface area contributed by atoms with E-state index < -0.39 is 18.7 Å². The monoisotopic (exact) mass is 305 g/mol. The zero-order valence-electron chi connectivity index (χ0n) is 12.6. The third kappa shape index (κ3) is 6.35. The molecule has 1 N–H and O–H groups in total. The van der Waals surface area contributed by atoms with Crippen LogP contribution in [0.5, 0.6) is 5.75 Å². The van der Waals surface area contributed by atoms with E-state index in [0.29, 0.717) is 18.9 Å². The maximum Gasteiger partial charge on any atom is 0.390 e. The summed E-state index contributed by atoms with van der Waals surface area (Å²) in [6.45, 7) is 4.24. The zero-order chi connectivity index (χ0) is 16.0. The van der Waals surface area contributed by atoms with Crippen LogP contribution in [0.15, 0.2) is 18.2 Å². The predicted octanol–water partition coefficient (Wildman–Crippen LogP) is 3.52. The van der Waals surface area contributed by atoms with Crippen molar-refractivity contribution in [1.82, 2.24) is 4.90 Å². The second kappa shape index (κ2) is 7.66. The van der Waals surface area contributed by atoms with E-state index in [9.17, 15) is 18.3 Å². The Balaban J connectivity index is 2.80. The summed E-state index contributed by atoms with van der Waals surface area (Å²) in [5, 5.41) is 9.61. The van der Waals surface area contributed by atoms with Crippen molar-refractivity contribution in [1.29, 1.82) is 0 Å². The Bertz CT molecular complexity index is 447. The summed E-state index contributed by atoms with van der Waals surface area (Å²) in [4.78, 5) is 1.59. The van der Waals surface area contributed by atoms with Crippen LogP contribution < -0.4 is 4.74 Å². The van der Waals surface area contributed by atoms with Crippen molar-refractivity contribution >= 4 is 0 Å². The van der Waals surface area contributed by atoms with Crippen molar-refractivity contribution in [2.24, 2.45) is 0 Å². The lowest BCUT2D eigenvalue weighted by Crippen LogP contribution is -2.24. The van der Waals surface area contributed by atoms with Crippen LogP contribution in [0, 0.1) is 0 Å². The molecule has 0 aromatic heterocycles. The SMILES string of the molecule is CCOc1ccc(C(C)O)cc1CN(C)CCC(F)(F)F. The Kier molecular flexibility index (Phi) is 6.48. The Hall–Kier alpha value is -1.27. The number of hydrogen-bond acceptors (Lipinski definition) is 3. The highest BCUT2D eigenvalue weighted by atomic mass is 19.4. The summed E-state index contributed by atoms with van der Waals surface area (Å²) >= 11 is 0. The number of rotatable bonds is 7. The molecule has 3 nitrogen and oxygen atoms in total. The first-order valence-corrected chi connectivity index (χ1v) is 6.92. The van der Waals surface area contributed by atoms with Gasteiger partial charge in [0.15, 0.2) is 0 Å². The second-order valence-corrected chi connectivity index (χ2v) is 5.08. The van der Waals surface area contributed by atoms with Gasteiger partial charge in [0, 0.05) is 18.7 Å². The molecule has 0 saturated carbocycles. The van der Waals surface area contributed by atoms with Gasteiger partial charge in [-0.15, -0.1) is 0 Å². The molecule has 0 fully saturated rings.